The molecule has 6 nitrogen and oxygen atoms in total. The number of rotatable bonds is 5. The molecular weight excluding hydrogens is 272 g/mol. The molecule has 1 aromatic rings. The van der Waals surface area contributed by atoms with Gasteiger partial charge in [0.2, 0.25) is 0 Å². The van der Waals surface area contributed by atoms with E-state index in [0.717, 1.165) is 18.4 Å². The summed E-state index contributed by atoms with van der Waals surface area (Å²) < 4.78 is 5.00. The highest BCUT2D eigenvalue weighted by atomic mass is 16.4. The molecule has 1 fully saturated rings. The lowest BCUT2D eigenvalue weighted by atomic mass is 9.92. The molecule has 21 heavy (non-hydrogen) atoms. The zero-order valence-corrected chi connectivity index (χ0v) is 12.3. The zero-order valence-electron chi connectivity index (χ0n) is 12.3. The minimum atomic E-state index is -0.742. The second-order valence-electron chi connectivity index (χ2n) is 5.63. The maximum absolute atomic E-state index is 12.3. The molecule has 0 atom stereocenters. The van der Waals surface area contributed by atoms with Crippen molar-refractivity contribution in [2.24, 2.45) is 5.92 Å². The Hall–Kier alpha value is -1.98. The van der Waals surface area contributed by atoms with Crippen LogP contribution in [-0.4, -0.2) is 47.0 Å². The van der Waals surface area contributed by atoms with E-state index in [2.05, 4.69) is 0 Å². The van der Waals surface area contributed by atoms with Crippen molar-refractivity contribution in [1.82, 2.24) is 9.80 Å². The maximum atomic E-state index is 12.3. The van der Waals surface area contributed by atoms with Gasteiger partial charge in [0.15, 0.2) is 0 Å². The van der Waals surface area contributed by atoms with Crippen molar-refractivity contribution in [2.75, 3.05) is 20.1 Å². The van der Waals surface area contributed by atoms with Crippen molar-refractivity contribution in [1.29, 1.82) is 0 Å². The van der Waals surface area contributed by atoms with Crippen molar-refractivity contribution in [3.8, 4) is 0 Å². The van der Waals surface area contributed by atoms with Gasteiger partial charge in [0.1, 0.15) is 0 Å². The lowest BCUT2D eigenvalue weighted by molar-refractivity contribution is -0.137. The highest BCUT2D eigenvalue weighted by Gasteiger charge is 2.25. The Labute approximate surface area is 124 Å². The fourth-order valence-corrected chi connectivity index (χ4v) is 2.71. The first-order chi connectivity index (χ1) is 10.1. The van der Waals surface area contributed by atoms with Gasteiger partial charge in [0.25, 0.3) is 0 Å². The summed E-state index contributed by atoms with van der Waals surface area (Å²) in [4.78, 5) is 26.4. The number of urea groups is 1. The van der Waals surface area contributed by atoms with Gasteiger partial charge in [-0.05, 0) is 31.2 Å². The zero-order chi connectivity index (χ0) is 15.2. The predicted molar refractivity (Wildman–Crippen MR) is 76.7 cm³/mol. The number of nitrogens with zero attached hydrogens (tertiary/aromatic N) is 2. The van der Waals surface area contributed by atoms with E-state index in [1.807, 2.05) is 11.0 Å². The molecule has 0 bridgehead atoms. The Kier molecular flexibility index (Phi) is 5.25. The molecule has 0 spiro atoms. The molecule has 0 saturated carbocycles. The first-order valence-electron chi connectivity index (χ1n) is 7.29. The molecule has 0 aliphatic carbocycles. The van der Waals surface area contributed by atoms with Crippen LogP contribution >= 0.6 is 0 Å². The number of carboxylic acids is 1. The van der Waals surface area contributed by atoms with Gasteiger partial charge in [0.05, 0.1) is 19.1 Å². The molecule has 1 aliphatic heterocycles. The van der Waals surface area contributed by atoms with E-state index in [9.17, 15) is 9.59 Å². The van der Waals surface area contributed by atoms with Gasteiger partial charge >= 0.3 is 12.0 Å². The third-order valence-corrected chi connectivity index (χ3v) is 3.98. The van der Waals surface area contributed by atoms with E-state index in [-0.39, 0.29) is 12.5 Å². The Bertz CT molecular complexity index is 464. The lowest BCUT2D eigenvalue weighted by Gasteiger charge is -2.34. The quantitative estimate of drug-likeness (QED) is 0.905. The van der Waals surface area contributed by atoms with E-state index in [1.54, 1.807) is 24.5 Å². The summed E-state index contributed by atoms with van der Waals surface area (Å²) in [7, 11) is 1.78. The summed E-state index contributed by atoms with van der Waals surface area (Å²) >= 11 is 0. The second kappa shape index (κ2) is 7.15. The van der Waals surface area contributed by atoms with Crippen LogP contribution in [0.25, 0.3) is 0 Å². The van der Waals surface area contributed by atoms with Gasteiger partial charge in [0, 0.05) is 32.1 Å². The summed E-state index contributed by atoms with van der Waals surface area (Å²) in [5.74, 6) is -0.322. The van der Waals surface area contributed by atoms with Crippen molar-refractivity contribution < 1.29 is 19.1 Å². The molecule has 6 heteroatoms. The van der Waals surface area contributed by atoms with E-state index >= 15 is 0 Å². The monoisotopic (exact) mass is 294 g/mol. The molecule has 2 heterocycles. The van der Waals surface area contributed by atoms with Crippen LogP contribution in [0, 0.1) is 5.92 Å². The van der Waals surface area contributed by atoms with Crippen LogP contribution in [0.3, 0.4) is 0 Å². The maximum Gasteiger partial charge on any atom is 0.320 e. The first-order valence-corrected chi connectivity index (χ1v) is 7.29. The summed E-state index contributed by atoms with van der Waals surface area (Å²) in [6, 6.07) is 1.87. The molecule has 0 aromatic carbocycles. The Morgan fingerprint density at radius 2 is 2.14 bits per heavy atom. The topological polar surface area (TPSA) is 74.0 Å². The number of carbonyl (C=O) groups is 2. The van der Waals surface area contributed by atoms with Crippen molar-refractivity contribution in [3.63, 3.8) is 0 Å². The van der Waals surface area contributed by atoms with Gasteiger partial charge in [-0.2, -0.15) is 0 Å². The summed E-state index contributed by atoms with van der Waals surface area (Å²) in [6.45, 7) is 1.95. The predicted octanol–water partition coefficient (Wildman–Crippen LogP) is 2.41. The third-order valence-electron chi connectivity index (χ3n) is 3.98. The lowest BCUT2D eigenvalue weighted by Crippen LogP contribution is -2.45. The van der Waals surface area contributed by atoms with Crippen LogP contribution in [0.15, 0.2) is 23.0 Å². The summed E-state index contributed by atoms with van der Waals surface area (Å²) in [6.07, 6.45) is 5.95. The highest BCUT2D eigenvalue weighted by molar-refractivity contribution is 5.74. The third kappa shape index (κ3) is 4.51. The SMILES string of the molecule is CN(Cc1ccoc1)C(=O)N1CCC(CCC(=O)O)CC1. The fraction of sp³-hybridized carbons (Fsp3) is 0.600. The van der Waals surface area contributed by atoms with Crippen LogP contribution in [0.5, 0.6) is 0 Å². The number of aliphatic carboxylic acids is 1. The molecule has 1 aliphatic rings. The van der Waals surface area contributed by atoms with Crippen LogP contribution in [0.1, 0.15) is 31.2 Å². The molecule has 1 N–H and O–H groups in total. The Morgan fingerprint density at radius 3 is 2.71 bits per heavy atom. The number of piperidine rings is 1. The number of hydrogen-bond acceptors (Lipinski definition) is 3. The number of furan rings is 1. The number of amides is 2. The second-order valence-corrected chi connectivity index (χ2v) is 5.63. The van der Waals surface area contributed by atoms with Gasteiger partial charge in [-0.15, -0.1) is 0 Å². The van der Waals surface area contributed by atoms with Crippen LogP contribution in [0.4, 0.5) is 4.79 Å². The average Bonchev–Trinajstić information content (AvgIpc) is 2.97. The number of carboxylic acid groups (broad SMARTS) is 1. The standard InChI is InChI=1S/C15H22N2O4/c1-16(10-13-6-9-21-11-13)15(20)17-7-4-12(5-8-17)2-3-14(18)19/h6,9,11-12H,2-5,7-8,10H2,1H3,(H,18,19). The Morgan fingerprint density at radius 1 is 1.43 bits per heavy atom. The number of hydrogen-bond donors (Lipinski definition) is 1. The van der Waals surface area contributed by atoms with Gasteiger partial charge in [-0.1, -0.05) is 0 Å². The molecule has 1 saturated heterocycles. The van der Waals surface area contributed by atoms with Gasteiger partial charge in [-0.25, -0.2) is 4.79 Å². The number of carbonyl (C=O) groups excluding carboxylic acids is 1. The van der Waals surface area contributed by atoms with Crippen molar-refractivity contribution in [3.05, 3.63) is 24.2 Å². The highest BCUT2D eigenvalue weighted by Crippen LogP contribution is 2.22. The van der Waals surface area contributed by atoms with E-state index in [1.165, 1.54) is 0 Å². The minimum absolute atomic E-state index is 0.0212. The molecule has 1 aromatic heterocycles. The molecule has 0 unspecified atom stereocenters. The van der Waals surface area contributed by atoms with E-state index in [0.29, 0.717) is 32.0 Å². The van der Waals surface area contributed by atoms with Crippen LogP contribution < -0.4 is 0 Å². The van der Waals surface area contributed by atoms with Crippen LogP contribution in [0.2, 0.25) is 0 Å². The minimum Gasteiger partial charge on any atom is -0.481 e. The Balaban J connectivity index is 1.76. The van der Waals surface area contributed by atoms with Gasteiger partial charge in [-0.3, -0.25) is 4.79 Å². The smallest absolute Gasteiger partial charge is 0.320 e. The summed E-state index contributed by atoms with van der Waals surface area (Å²) in [5, 5.41) is 8.70. The molecule has 116 valence electrons. The van der Waals surface area contributed by atoms with Crippen molar-refractivity contribution >= 4 is 12.0 Å². The van der Waals surface area contributed by atoms with E-state index < -0.39 is 5.97 Å². The average molecular weight is 294 g/mol. The normalized spacial score (nSPS) is 16.0. The molecule has 2 rings (SSSR count). The van der Waals surface area contributed by atoms with Gasteiger partial charge < -0.3 is 19.3 Å². The van der Waals surface area contributed by atoms with Crippen LogP contribution in [-0.2, 0) is 11.3 Å². The molecule has 2 amide bonds. The molecular formula is C15H22N2O4. The number of likely N-dealkylation sites (tertiary alicyclic amines) is 1. The largest absolute Gasteiger partial charge is 0.481 e. The first kappa shape index (κ1) is 15.4. The summed E-state index contributed by atoms with van der Waals surface area (Å²) in [5.41, 5.74) is 0.974. The van der Waals surface area contributed by atoms with E-state index in [4.69, 9.17) is 9.52 Å². The molecule has 0 radical (unpaired) electrons. The van der Waals surface area contributed by atoms with Crippen molar-refractivity contribution in [2.45, 2.75) is 32.2 Å². The fourth-order valence-electron chi connectivity index (χ4n) is 2.71.